The number of pyridine rings is 1. The predicted molar refractivity (Wildman–Crippen MR) is 118 cm³/mol. The molecule has 2 fully saturated rings. The highest BCUT2D eigenvalue weighted by atomic mass is 35.5. The highest BCUT2D eigenvalue weighted by molar-refractivity contribution is 8.00. The van der Waals surface area contributed by atoms with Gasteiger partial charge in [-0.3, -0.25) is 0 Å². The van der Waals surface area contributed by atoms with Crippen LogP contribution in [0, 0.1) is 0 Å². The minimum Gasteiger partial charge on any atom is -0.378 e. The highest BCUT2D eigenvalue weighted by Crippen LogP contribution is 2.49. The third kappa shape index (κ3) is 3.67. The minimum absolute atomic E-state index is 0.544. The van der Waals surface area contributed by atoms with Gasteiger partial charge in [-0.15, -0.1) is 0 Å². The quantitative estimate of drug-likeness (QED) is 0.517. The van der Waals surface area contributed by atoms with Crippen LogP contribution in [0.1, 0.15) is 19.3 Å². The average Bonchev–Trinajstić information content (AvgIpc) is 3.12. The van der Waals surface area contributed by atoms with Gasteiger partial charge in [0.15, 0.2) is 17.1 Å². The molecule has 3 aromatic rings. The molecule has 30 heavy (non-hydrogen) atoms. The van der Waals surface area contributed by atoms with E-state index in [1.807, 2.05) is 18.2 Å². The van der Waals surface area contributed by atoms with Crippen molar-refractivity contribution in [3.05, 3.63) is 35.4 Å². The number of H-pyrrole nitrogens is 1. The lowest BCUT2D eigenvalue weighted by Gasteiger charge is -2.41. The number of hydrogen-bond acceptors (Lipinski definition) is 7. The Balaban J connectivity index is 1.41. The molecule has 158 valence electrons. The van der Waals surface area contributed by atoms with Crippen molar-refractivity contribution in [3.8, 4) is 11.3 Å². The zero-order chi connectivity index (χ0) is 20.7. The maximum Gasteiger partial charge on any atom is 0.179 e. The summed E-state index contributed by atoms with van der Waals surface area (Å²) < 4.78 is 4.83. The number of fused-ring (bicyclic) bond motifs is 1. The summed E-state index contributed by atoms with van der Waals surface area (Å²) in [6.45, 7) is 3.28. The second-order valence-corrected chi connectivity index (χ2v) is 9.58. The Morgan fingerprint density at radius 3 is 2.50 bits per heavy atom. The van der Waals surface area contributed by atoms with E-state index in [1.54, 1.807) is 0 Å². The number of nitrogens with one attached hydrogen (secondary N) is 1. The lowest BCUT2D eigenvalue weighted by molar-refractivity contribution is -0.0886. The fourth-order valence-electron chi connectivity index (χ4n) is 3.93. The monoisotopic (exact) mass is 446 g/mol. The van der Waals surface area contributed by atoms with Crippen LogP contribution in [-0.4, -0.2) is 62.5 Å². The molecule has 1 saturated heterocycles. The number of imidazole rings is 1. The van der Waals surface area contributed by atoms with Gasteiger partial charge < -0.3 is 24.8 Å². The molecule has 0 amide bonds. The third-order valence-electron chi connectivity index (χ3n) is 5.89. The van der Waals surface area contributed by atoms with Gasteiger partial charge in [0, 0.05) is 24.3 Å². The SMILES string of the molecule is OC(O)C1(Sc2nc3nc(-c4ccc(N5CCOCC5)cc4)c(Cl)cc3[nH]2)CCC1. The Bertz CT molecular complexity index is 1050. The van der Waals surface area contributed by atoms with Crippen LogP contribution >= 0.6 is 23.4 Å². The van der Waals surface area contributed by atoms with E-state index in [0.717, 1.165) is 62.3 Å². The molecule has 9 heteroatoms. The molecule has 0 bridgehead atoms. The van der Waals surface area contributed by atoms with Crippen molar-refractivity contribution < 1.29 is 14.9 Å². The fraction of sp³-hybridized carbons (Fsp3) is 0.429. The lowest BCUT2D eigenvalue weighted by Crippen LogP contribution is -2.45. The minimum atomic E-state index is -1.37. The van der Waals surface area contributed by atoms with Crippen molar-refractivity contribution in [1.29, 1.82) is 0 Å². The van der Waals surface area contributed by atoms with Crippen molar-refractivity contribution in [2.45, 2.75) is 35.5 Å². The van der Waals surface area contributed by atoms with Crippen LogP contribution in [0.3, 0.4) is 0 Å². The van der Waals surface area contributed by atoms with Gasteiger partial charge in [-0.1, -0.05) is 41.9 Å². The molecule has 3 heterocycles. The number of anilines is 1. The number of nitrogens with zero attached hydrogens (tertiary/aromatic N) is 3. The Hall–Kier alpha value is -1.84. The number of thioether (sulfide) groups is 1. The van der Waals surface area contributed by atoms with Crippen molar-refractivity contribution in [3.63, 3.8) is 0 Å². The van der Waals surface area contributed by atoms with Crippen LogP contribution in [0.5, 0.6) is 0 Å². The summed E-state index contributed by atoms with van der Waals surface area (Å²) in [7, 11) is 0. The summed E-state index contributed by atoms with van der Waals surface area (Å²) >= 11 is 7.90. The largest absolute Gasteiger partial charge is 0.378 e. The number of aromatic amines is 1. The van der Waals surface area contributed by atoms with Crippen LogP contribution in [0.15, 0.2) is 35.5 Å². The first-order valence-electron chi connectivity index (χ1n) is 10.1. The maximum atomic E-state index is 9.76. The Morgan fingerprint density at radius 1 is 1.13 bits per heavy atom. The van der Waals surface area contributed by atoms with E-state index in [-0.39, 0.29) is 0 Å². The normalized spacial score (nSPS) is 18.7. The fourth-order valence-corrected chi connectivity index (χ4v) is 5.47. The van der Waals surface area contributed by atoms with E-state index in [4.69, 9.17) is 16.3 Å². The van der Waals surface area contributed by atoms with E-state index in [0.29, 0.717) is 21.5 Å². The number of aliphatic hydroxyl groups excluding tert-OH is 1. The standard InChI is InChI=1S/C21H23ClN4O3S/c22-15-12-16-18(25-20(23-16)30-21(19(27)28)6-1-7-21)24-17(15)13-2-4-14(5-3-13)26-8-10-29-11-9-26/h2-5,12,19,27-28H,1,6-11H2,(H,23,24,25). The van der Waals surface area contributed by atoms with Gasteiger partial charge in [-0.05, 0) is 31.0 Å². The molecule has 1 saturated carbocycles. The van der Waals surface area contributed by atoms with Crippen LogP contribution in [0.25, 0.3) is 22.4 Å². The molecule has 0 atom stereocenters. The summed E-state index contributed by atoms with van der Waals surface area (Å²) in [6, 6.07) is 10.0. The number of benzene rings is 1. The zero-order valence-corrected chi connectivity index (χ0v) is 17.9. The number of halogens is 1. The van der Waals surface area contributed by atoms with Crippen LogP contribution < -0.4 is 4.90 Å². The molecule has 2 aromatic heterocycles. The lowest BCUT2D eigenvalue weighted by atomic mass is 9.84. The zero-order valence-electron chi connectivity index (χ0n) is 16.3. The van der Waals surface area contributed by atoms with Crippen LogP contribution in [-0.2, 0) is 4.74 Å². The number of hydrogen-bond donors (Lipinski definition) is 3. The summed E-state index contributed by atoms with van der Waals surface area (Å²) in [6.07, 6.45) is 1.11. The van der Waals surface area contributed by atoms with Gasteiger partial charge in [-0.2, -0.15) is 0 Å². The predicted octanol–water partition coefficient (Wildman–Crippen LogP) is 3.44. The Labute approximate surface area is 183 Å². The number of morpholine rings is 1. The highest BCUT2D eigenvalue weighted by Gasteiger charge is 2.45. The number of rotatable bonds is 5. The van der Waals surface area contributed by atoms with Crippen LogP contribution in [0.4, 0.5) is 5.69 Å². The molecule has 1 aliphatic heterocycles. The Kier molecular flexibility index (Phi) is 5.37. The summed E-state index contributed by atoms with van der Waals surface area (Å²) in [5.41, 5.74) is 4.07. The van der Waals surface area contributed by atoms with Crippen molar-refractivity contribution in [2.75, 3.05) is 31.2 Å². The molecule has 0 spiro atoms. The van der Waals surface area contributed by atoms with E-state index in [9.17, 15) is 10.2 Å². The first-order chi connectivity index (χ1) is 14.5. The van der Waals surface area contributed by atoms with Gasteiger partial charge in [0.25, 0.3) is 0 Å². The van der Waals surface area contributed by atoms with Crippen molar-refractivity contribution in [2.24, 2.45) is 0 Å². The molecule has 0 unspecified atom stereocenters. The van der Waals surface area contributed by atoms with Gasteiger partial charge in [0.2, 0.25) is 0 Å². The van der Waals surface area contributed by atoms with Gasteiger partial charge in [0.1, 0.15) is 0 Å². The van der Waals surface area contributed by atoms with E-state index in [2.05, 4.69) is 32.0 Å². The van der Waals surface area contributed by atoms with E-state index >= 15 is 0 Å². The van der Waals surface area contributed by atoms with Crippen LogP contribution in [0.2, 0.25) is 5.02 Å². The average molecular weight is 447 g/mol. The molecule has 1 aromatic carbocycles. The molecular formula is C21H23ClN4O3S. The second kappa shape index (κ2) is 8.01. The number of ether oxygens (including phenoxy) is 1. The topological polar surface area (TPSA) is 94.5 Å². The molecule has 1 aliphatic carbocycles. The molecule has 5 rings (SSSR count). The maximum absolute atomic E-state index is 9.76. The summed E-state index contributed by atoms with van der Waals surface area (Å²) in [5, 5.41) is 20.7. The van der Waals surface area contributed by atoms with E-state index in [1.165, 1.54) is 11.8 Å². The van der Waals surface area contributed by atoms with Gasteiger partial charge in [-0.25, -0.2) is 9.97 Å². The van der Waals surface area contributed by atoms with Gasteiger partial charge in [0.05, 0.1) is 34.2 Å². The summed E-state index contributed by atoms with van der Waals surface area (Å²) in [4.78, 5) is 14.8. The molecule has 7 nitrogen and oxygen atoms in total. The molecule has 2 aliphatic rings. The van der Waals surface area contributed by atoms with Crippen molar-refractivity contribution in [1.82, 2.24) is 15.0 Å². The summed E-state index contributed by atoms with van der Waals surface area (Å²) in [5.74, 6) is 0. The van der Waals surface area contributed by atoms with Gasteiger partial charge >= 0.3 is 0 Å². The molecule has 3 N–H and O–H groups in total. The van der Waals surface area contributed by atoms with Crippen molar-refractivity contribution >= 4 is 40.2 Å². The smallest absolute Gasteiger partial charge is 0.179 e. The first-order valence-corrected chi connectivity index (χ1v) is 11.3. The number of aromatic nitrogens is 3. The number of aliphatic hydroxyl groups is 2. The molecular weight excluding hydrogens is 424 g/mol. The van der Waals surface area contributed by atoms with E-state index < -0.39 is 11.0 Å². The second-order valence-electron chi connectivity index (χ2n) is 7.77. The first kappa shape index (κ1) is 20.1. The Morgan fingerprint density at radius 2 is 1.87 bits per heavy atom. The third-order valence-corrected chi connectivity index (χ3v) is 7.59. The molecule has 0 radical (unpaired) electrons.